The molecule has 1 unspecified atom stereocenters. The Hall–Kier alpha value is -3.17. The lowest BCUT2D eigenvalue weighted by Gasteiger charge is -2.22. The molecule has 0 saturated carbocycles. The zero-order chi connectivity index (χ0) is 23.2. The number of benzene rings is 2. The summed E-state index contributed by atoms with van der Waals surface area (Å²) in [6.45, 7) is 3.59. The quantitative estimate of drug-likeness (QED) is 0.472. The molecule has 1 atom stereocenters. The minimum atomic E-state index is -0.275. The number of likely N-dealkylation sites (tertiary alicyclic amines) is 1. The third-order valence-corrected chi connectivity index (χ3v) is 6.71. The van der Waals surface area contributed by atoms with Crippen molar-refractivity contribution in [3.63, 3.8) is 0 Å². The highest BCUT2D eigenvalue weighted by atomic mass is 32.2. The molecule has 4 rings (SSSR count). The lowest BCUT2D eigenvalue weighted by atomic mass is 10.1. The topological polar surface area (TPSA) is 106 Å². The number of hydrogen-bond acceptors (Lipinski definition) is 6. The van der Waals surface area contributed by atoms with Crippen molar-refractivity contribution in [2.75, 3.05) is 17.6 Å². The molecular formula is C24H28N6O2S. The van der Waals surface area contributed by atoms with Gasteiger partial charge >= 0.3 is 0 Å². The summed E-state index contributed by atoms with van der Waals surface area (Å²) in [5.41, 5.74) is 9.50. The number of para-hydroxylation sites is 1. The zero-order valence-corrected chi connectivity index (χ0v) is 19.4. The maximum atomic E-state index is 12.6. The monoisotopic (exact) mass is 464 g/mol. The highest BCUT2D eigenvalue weighted by Crippen LogP contribution is 2.24. The molecule has 2 heterocycles. The molecule has 0 radical (unpaired) electrons. The summed E-state index contributed by atoms with van der Waals surface area (Å²) in [6, 6.07) is 15.6. The van der Waals surface area contributed by atoms with Crippen LogP contribution in [-0.4, -0.2) is 49.8 Å². The van der Waals surface area contributed by atoms with Crippen LogP contribution in [0.4, 0.5) is 5.69 Å². The van der Waals surface area contributed by atoms with Gasteiger partial charge < -0.3 is 11.1 Å². The van der Waals surface area contributed by atoms with Gasteiger partial charge in [-0.2, -0.15) is 0 Å². The van der Waals surface area contributed by atoms with Crippen molar-refractivity contribution in [2.45, 2.75) is 43.9 Å². The van der Waals surface area contributed by atoms with Gasteiger partial charge in [-0.1, -0.05) is 49.0 Å². The second-order valence-electron chi connectivity index (χ2n) is 8.03. The Morgan fingerprint density at radius 2 is 2.06 bits per heavy atom. The number of primary amides is 1. The summed E-state index contributed by atoms with van der Waals surface area (Å²) in [4.78, 5) is 26.4. The van der Waals surface area contributed by atoms with Crippen molar-refractivity contribution in [3.05, 3.63) is 66.0 Å². The molecule has 1 fully saturated rings. The van der Waals surface area contributed by atoms with Crippen LogP contribution in [0, 0.1) is 0 Å². The smallest absolute Gasteiger partial charge is 0.234 e. The van der Waals surface area contributed by atoms with Crippen molar-refractivity contribution in [1.29, 1.82) is 0 Å². The molecule has 2 amide bonds. The molecule has 0 bridgehead atoms. The van der Waals surface area contributed by atoms with E-state index in [0.717, 1.165) is 42.7 Å². The first kappa shape index (κ1) is 23.0. The number of thioether (sulfide) groups is 1. The van der Waals surface area contributed by atoms with E-state index in [2.05, 4.69) is 33.4 Å². The number of carbonyl (C=O) groups is 2. The normalized spacial score (nSPS) is 16.1. The minimum Gasteiger partial charge on any atom is -0.368 e. The number of aromatic nitrogens is 3. The number of anilines is 1. The molecular weight excluding hydrogens is 436 g/mol. The number of aryl methyl sites for hydroxylation is 1. The van der Waals surface area contributed by atoms with Gasteiger partial charge in [0.25, 0.3) is 0 Å². The van der Waals surface area contributed by atoms with E-state index >= 15 is 0 Å². The number of hydrogen-bond donors (Lipinski definition) is 2. The Bertz CT molecular complexity index is 1130. The van der Waals surface area contributed by atoms with Gasteiger partial charge in [0.2, 0.25) is 11.8 Å². The molecule has 1 aliphatic heterocycles. The van der Waals surface area contributed by atoms with Gasteiger partial charge in [-0.3, -0.25) is 19.1 Å². The molecule has 1 aromatic heterocycles. The summed E-state index contributed by atoms with van der Waals surface area (Å²) >= 11 is 1.35. The Morgan fingerprint density at radius 3 is 2.88 bits per heavy atom. The van der Waals surface area contributed by atoms with Gasteiger partial charge in [-0.15, -0.1) is 10.2 Å². The average molecular weight is 465 g/mol. The predicted octanol–water partition coefficient (Wildman–Crippen LogP) is 3.01. The average Bonchev–Trinajstić information content (AvgIpc) is 3.47. The molecule has 33 heavy (non-hydrogen) atoms. The molecule has 2 aromatic carbocycles. The second kappa shape index (κ2) is 10.6. The van der Waals surface area contributed by atoms with E-state index in [0.29, 0.717) is 11.7 Å². The van der Waals surface area contributed by atoms with E-state index in [1.807, 2.05) is 47.0 Å². The summed E-state index contributed by atoms with van der Waals surface area (Å²) in [5, 5.41) is 11.9. The first-order valence-electron chi connectivity index (χ1n) is 11.1. The van der Waals surface area contributed by atoms with Crippen molar-refractivity contribution < 1.29 is 9.59 Å². The highest BCUT2D eigenvalue weighted by molar-refractivity contribution is 7.99. The first-order chi connectivity index (χ1) is 16.0. The van der Waals surface area contributed by atoms with Crippen molar-refractivity contribution in [2.24, 2.45) is 5.73 Å². The SMILES string of the molecule is CCc1ccccc1-n1cnnc1SCC(=O)Nc1cccc(CN2CCCC2C(N)=O)c1. The Labute approximate surface area is 197 Å². The fraction of sp³-hybridized carbons (Fsp3) is 0.333. The van der Waals surface area contributed by atoms with E-state index in [4.69, 9.17) is 5.73 Å². The minimum absolute atomic E-state index is 0.119. The van der Waals surface area contributed by atoms with E-state index < -0.39 is 0 Å². The van der Waals surface area contributed by atoms with Crippen LogP contribution in [-0.2, 0) is 22.6 Å². The summed E-state index contributed by atoms with van der Waals surface area (Å²) in [6.07, 6.45) is 4.34. The number of nitrogens with one attached hydrogen (secondary N) is 1. The predicted molar refractivity (Wildman–Crippen MR) is 129 cm³/mol. The van der Waals surface area contributed by atoms with Crippen molar-refractivity contribution in [1.82, 2.24) is 19.7 Å². The van der Waals surface area contributed by atoms with Crippen molar-refractivity contribution in [3.8, 4) is 5.69 Å². The molecule has 3 aromatic rings. The maximum absolute atomic E-state index is 12.6. The van der Waals surface area contributed by atoms with Gasteiger partial charge in [0.05, 0.1) is 17.5 Å². The van der Waals surface area contributed by atoms with Crippen molar-refractivity contribution >= 4 is 29.3 Å². The summed E-state index contributed by atoms with van der Waals surface area (Å²) in [7, 11) is 0. The van der Waals surface area contributed by atoms with Gasteiger partial charge in [-0.25, -0.2) is 0 Å². The van der Waals surface area contributed by atoms with Crippen LogP contribution >= 0.6 is 11.8 Å². The summed E-state index contributed by atoms with van der Waals surface area (Å²) in [5.74, 6) is -0.178. The van der Waals surface area contributed by atoms with E-state index in [1.54, 1.807) is 6.33 Å². The van der Waals surface area contributed by atoms with Crippen LogP contribution in [0.25, 0.3) is 5.69 Å². The van der Waals surface area contributed by atoms with Crippen LogP contribution in [0.2, 0.25) is 0 Å². The number of nitrogens with zero attached hydrogens (tertiary/aromatic N) is 4. The Balaban J connectivity index is 1.36. The number of amides is 2. The van der Waals surface area contributed by atoms with E-state index in [-0.39, 0.29) is 23.6 Å². The van der Waals surface area contributed by atoms with Crippen LogP contribution in [0.3, 0.4) is 0 Å². The molecule has 8 nitrogen and oxygen atoms in total. The zero-order valence-electron chi connectivity index (χ0n) is 18.6. The molecule has 0 spiro atoms. The number of rotatable bonds is 9. The molecule has 9 heteroatoms. The van der Waals surface area contributed by atoms with Crippen LogP contribution < -0.4 is 11.1 Å². The number of nitrogens with two attached hydrogens (primary N) is 1. The van der Waals surface area contributed by atoms with Crippen LogP contribution in [0.15, 0.2) is 60.0 Å². The Kier molecular flexibility index (Phi) is 7.41. The Morgan fingerprint density at radius 1 is 1.21 bits per heavy atom. The first-order valence-corrected chi connectivity index (χ1v) is 12.1. The van der Waals surface area contributed by atoms with E-state index in [1.165, 1.54) is 17.3 Å². The molecule has 1 aliphatic rings. The molecule has 0 aliphatic carbocycles. The summed E-state index contributed by atoms with van der Waals surface area (Å²) < 4.78 is 1.92. The number of carbonyl (C=O) groups excluding carboxylic acids is 2. The van der Waals surface area contributed by atoms with Gasteiger partial charge in [-0.05, 0) is 55.1 Å². The third-order valence-electron chi connectivity index (χ3n) is 5.77. The van der Waals surface area contributed by atoms with Gasteiger partial charge in [0.15, 0.2) is 5.16 Å². The van der Waals surface area contributed by atoms with Crippen LogP contribution in [0.5, 0.6) is 0 Å². The van der Waals surface area contributed by atoms with E-state index in [9.17, 15) is 9.59 Å². The highest BCUT2D eigenvalue weighted by Gasteiger charge is 2.28. The second-order valence-corrected chi connectivity index (χ2v) is 8.98. The standard InChI is InChI=1S/C24H28N6O2S/c1-2-18-8-3-4-10-20(18)30-16-26-28-24(30)33-15-22(31)27-19-9-5-7-17(13-19)14-29-12-6-11-21(29)23(25)32/h3-5,7-10,13,16,21H,2,6,11-12,14-15H2,1H3,(H2,25,32)(H,27,31). The molecule has 3 N–H and O–H groups in total. The molecule has 1 saturated heterocycles. The van der Waals surface area contributed by atoms with Gasteiger partial charge in [0.1, 0.15) is 6.33 Å². The lowest BCUT2D eigenvalue weighted by molar-refractivity contribution is -0.122. The van der Waals surface area contributed by atoms with Gasteiger partial charge in [0, 0.05) is 12.2 Å². The fourth-order valence-electron chi connectivity index (χ4n) is 4.18. The largest absolute Gasteiger partial charge is 0.368 e. The van der Waals surface area contributed by atoms with Crippen LogP contribution in [0.1, 0.15) is 30.9 Å². The fourth-order valence-corrected chi connectivity index (χ4v) is 4.90. The molecule has 172 valence electrons. The lowest BCUT2D eigenvalue weighted by Crippen LogP contribution is -2.39. The maximum Gasteiger partial charge on any atom is 0.234 e. The third kappa shape index (κ3) is 5.61.